The maximum atomic E-state index is 13.6. The highest BCUT2D eigenvalue weighted by Crippen LogP contribution is 2.51. The van der Waals surface area contributed by atoms with Crippen molar-refractivity contribution < 1.29 is 9.09 Å². The van der Waals surface area contributed by atoms with Gasteiger partial charge in [-0.05, 0) is 38.3 Å². The topological polar surface area (TPSA) is 29.5 Å². The van der Waals surface area contributed by atoms with Crippen LogP contribution in [-0.4, -0.2) is 23.9 Å². The number of benzene rings is 1. The van der Waals surface area contributed by atoms with Crippen LogP contribution in [0, 0.1) is 0 Å². The van der Waals surface area contributed by atoms with E-state index in [1.165, 1.54) is 0 Å². The molecular weight excluding hydrogens is 269 g/mol. The number of nitrogens with zero attached hydrogens (tertiary/aromatic N) is 1. The van der Waals surface area contributed by atoms with E-state index in [0.29, 0.717) is 0 Å². The molecule has 2 atom stereocenters. The first-order valence-electron chi connectivity index (χ1n) is 7.67. The fourth-order valence-electron chi connectivity index (χ4n) is 2.12. The fraction of sp³-hybridized carbons (Fsp3) is 0.625. The van der Waals surface area contributed by atoms with Crippen LogP contribution in [-0.2, 0) is 9.09 Å². The van der Waals surface area contributed by atoms with Crippen molar-refractivity contribution in [2.45, 2.75) is 53.1 Å². The van der Waals surface area contributed by atoms with Gasteiger partial charge in [0.15, 0.2) is 0 Å². The second kappa shape index (κ2) is 8.61. The molecule has 1 rings (SSSR count). The van der Waals surface area contributed by atoms with Gasteiger partial charge < -0.3 is 4.52 Å². The molecule has 0 saturated heterocycles. The molecule has 2 unspecified atom stereocenters. The Morgan fingerprint density at radius 2 is 1.65 bits per heavy atom. The summed E-state index contributed by atoms with van der Waals surface area (Å²) in [6, 6.07) is 9.64. The summed E-state index contributed by atoms with van der Waals surface area (Å²) in [5.74, 6) is 0. The van der Waals surface area contributed by atoms with Gasteiger partial charge in [-0.2, -0.15) is 0 Å². The monoisotopic (exact) mass is 297 g/mol. The molecule has 4 heteroatoms. The second-order valence-corrected chi connectivity index (χ2v) is 7.47. The van der Waals surface area contributed by atoms with Gasteiger partial charge in [-0.3, -0.25) is 4.57 Å². The molecule has 20 heavy (non-hydrogen) atoms. The molecule has 0 N–H and O–H groups in total. The fourth-order valence-corrected chi connectivity index (χ4v) is 4.81. The maximum absolute atomic E-state index is 13.6. The van der Waals surface area contributed by atoms with Crippen LogP contribution in [0.3, 0.4) is 0 Å². The van der Waals surface area contributed by atoms with E-state index in [4.69, 9.17) is 4.52 Å². The van der Waals surface area contributed by atoms with Crippen LogP contribution >= 0.6 is 7.52 Å². The molecule has 1 aromatic carbocycles. The van der Waals surface area contributed by atoms with Gasteiger partial charge in [0.1, 0.15) is 0 Å². The van der Waals surface area contributed by atoms with Crippen LogP contribution in [0.5, 0.6) is 0 Å². The summed E-state index contributed by atoms with van der Waals surface area (Å²) in [5, 5.41) is 0.808. The van der Waals surface area contributed by atoms with Crippen LogP contribution in [0.2, 0.25) is 0 Å². The smallest absolute Gasteiger partial charge is 0.302 e. The van der Waals surface area contributed by atoms with E-state index in [0.717, 1.165) is 37.7 Å². The second-order valence-electron chi connectivity index (χ2n) is 5.13. The number of hydrogen-bond acceptors (Lipinski definition) is 2. The molecular formula is C16H28NO2P. The van der Waals surface area contributed by atoms with E-state index in [1.807, 2.05) is 41.9 Å². The zero-order valence-corrected chi connectivity index (χ0v) is 14.1. The summed E-state index contributed by atoms with van der Waals surface area (Å²) in [5.41, 5.74) is 0. The molecule has 0 fully saturated rings. The van der Waals surface area contributed by atoms with Crippen LogP contribution in [0.25, 0.3) is 0 Å². The third-order valence-electron chi connectivity index (χ3n) is 3.32. The minimum absolute atomic E-state index is 0.00254. The Kier molecular flexibility index (Phi) is 7.50. The molecule has 0 bridgehead atoms. The lowest BCUT2D eigenvalue weighted by molar-refractivity contribution is 0.194. The van der Waals surface area contributed by atoms with E-state index in [-0.39, 0.29) is 6.10 Å². The van der Waals surface area contributed by atoms with Crippen molar-refractivity contribution in [2.24, 2.45) is 0 Å². The van der Waals surface area contributed by atoms with E-state index in [1.54, 1.807) is 0 Å². The molecule has 0 spiro atoms. The largest absolute Gasteiger partial charge is 0.311 e. The third-order valence-corrected chi connectivity index (χ3v) is 6.06. The molecule has 0 aliphatic heterocycles. The van der Waals surface area contributed by atoms with E-state index in [2.05, 4.69) is 20.8 Å². The summed E-state index contributed by atoms with van der Waals surface area (Å²) >= 11 is 0. The number of rotatable bonds is 9. The van der Waals surface area contributed by atoms with Crippen molar-refractivity contribution in [3.63, 3.8) is 0 Å². The summed E-state index contributed by atoms with van der Waals surface area (Å²) in [6.07, 6.45) is 2.81. The summed E-state index contributed by atoms with van der Waals surface area (Å²) in [6.45, 7) is 9.88. The predicted octanol–water partition coefficient (Wildman–Crippen LogP) is 4.44. The molecule has 0 aliphatic rings. The molecule has 0 aliphatic carbocycles. The highest BCUT2D eigenvalue weighted by molar-refractivity contribution is 7.64. The van der Waals surface area contributed by atoms with Crippen molar-refractivity contribution in [3.05, 3.63) is 30.3 Å². The SMILES string of the molecule is CCCN(CCC)P(=O)(OC(C)CC)c1ccccc1. The molecule has 0 heterocycles. The van der Waals surface area contributed by atoms with Crippen LogP contribution in [0.15, 0.2) is 30.3 Å². The normalized spacial score (nSPS) is 16.1. The van der Waals surface area contributed by atoms with E-state index in [9.17, 15) is 4.57 Å². The van der Waals surface area contributed by atoms with Crippen LogP contribution in [0.1, 0.15) is 47.0 Å². The molecule has 114 valence electrons. The molecule has 0 amide bonds. The highest BCUT2D eigenvalue weighted by atomic mass is 31.2. The highest BCUT2D eigenvalue weighted by Gasteiger charge is 2.34. The Bertz CT molecular complexity index is 416. The lowest BCUT2D eigenvalue weighted by Crippen LogP contribution is -2.30. The van der Waals surface area contributed by atoms with Crippen LogP contribution in [0.4, 0.5) is 0 Å². The Morgan fingerprint density at radius 3 is 2.10 bits per heavy atom. The van der Waals surface area contributed by atoms with Crippen molar-refractivity contribution in [1.29, 1.82) is 0 Å². The van der Waals surface area contributed by atoms with Gasteiger partial charge >= 0.3 is 7.52 Å². The summed E-state index contributed by atoms with van der Waals surface area (Å²) in [4.78, 5) is 0. The van der Waals surface area contributed by atoms with Crippen LogP contribution < -0.4 is 5.30 Å². The zero-order chi connectivity index (χ0) is 15.0. The first-order chi connectivity index (χ1) is 9.58. The average Bonchev–Trinajstić information content (AvgIpc) is 2.47. The van der Waals surface area contributed by atoms with Crippen molar-refractivity contribution in [1.82, 2.24) is 4.67 Å². The molecule has 0 radical (unpaired) electrons. The van der Waals surface area contributed by atoms with Crippen molar-refractivity contribution in [2.75, 3.05) is 13.1 Å². The van der Waals surface area contributed by atoms with Crippen molar-refractivity contribution in [3.8, 4) is 0 Å². The first kappa shape index (κ1) is 17.4. The van der Waals surface area contributed by atoms with Gasteiger partial charge in [-0.15, -0.1) is 0 Å². The van der Waals surface area contributed by atoms with Gasteiger partial charge in [-0.1, -0.05) is 39.0 Å². The quantitative estimate of drug-likeness (QED) is 0.631. The zero-order valence-electron chi connectivity index (χ0n) is 13.2. The molecule has 3 nitrogen and oxygen atoms in total. The average molecular weight is 297 g/mol. The van der Waals surface area contributed by atoms with Gasteiger partial charge in [0.25, 0.3) is 0 Å². The molecule has 1 aromatic rings. The Morgan fingerprint density at radius 1 is 1.10 bits per heavy atom. The minimum atomic E-state index is -2.95. The number of hydrogen-bond donors (Lipinski definition) is 0. The summed E-state index contributed by atoms with van der Waals surface area (Å²) < 4.78 is 21.6. The van der Waals surface area contributed by atoms with E-state index >= 15 is 0 Å². The van der Waals surface area contributed by atoms with Crippen molar-refractivity contribution >= 4 is 12.8 Å². The maximum Gasteiger partial charge on any atom is 0.302 e. The van der Waals surface area contributed by atoms with Gasteiger partial charge in [0, 0.05) is 13.1 Å². The van der Waals surface area contributed by atoms with E-state index < -0.39 is 7.52 Å². The van der Waals surface area contributed by atoms with Gasteiger partial charge in [0.05, 0.1) is 11.4 Å². The minimum Gasteiger partial charge on any atom is -0.311 e. The molecule has 0 aromatic heterocycles. The lowest BCUT2D eigenvalue weighted by atomic mass is 10.3. The predicted molar refractivity (Wildman–Crippen MR) is 86.7 cm³/mol. The lowest BCUT2D eigenvalue weighted by Gasteiger charge is -2.32. The first-order valence-corrected chi connectivity index (χ1v) is 9.25. The van der Waals surface area contributed by atoms with Gasteiger partial charge in [0.2, 0.25) is 0 Å². The summed E-state index contributed by atoms with van der Waals surface area (Å²) in [7, 11) is -2.95. The Labute approximate surface area is 123 Å². The standard InChI is InChI=1S/C16H28NO2P/c1-5-13-17(14-6-2)20(18,19-15(4)7-3)16-11-9-8-10-12-16/h8-12,15H,5-7,13-14H2,1-4H3. The Balaban J connectivity index is 3.14. The Hall–Kier alpha value is -0.630. The third kappa shape index (κ3) is 4.44. The van der Waals surface area contributed by atoms with Gasteiger partial charge in [-0.25, -0.2) is 4.67 Å². The molecule has 0 saturated carbocycles.